The van der Waals surface area contributed by atoms with E-state index in [1.807, 2.05) is 12.1 Å². The molecule has 0 fully saturated rings. The second-order valence-electron chi connectivity index (χ2n) is 3.37. The van der Waals surface area contributed by atoms with Gasteiger partial charge in [-0.2, -0.15) is 11.8 Å². The number of halogens is 1. The van der Waals surface area contributed by atoms with Gasteiger partial charge in [0, 0.05) is 23.4 Å². The van der Waals surface area contributed by atoms with Crippen molar-refractivity contribution in [2.24, 2.45) is 5.73 Å². The van der Waals surface area contributed by atoms with Gasteiger partial charge in [0.15, 0.2) is 0 Å². The molecule has 2 N–H and O–H groups in total. The molecule has 0 saturated heterocycles. The van der Waals surface area contributed by atoms with Gasteiger partial charge in [0.25, 0.3) is 0 Å². The molecular weight excluding hydrogens is 286 g/mol. The summed E-state index contributed by atoms with van der Waals surface area (Å²) < 4.78 is 22.7. The normalized spacial score (nSPS) is 13.9. The molecule has 1 aromatic rings. The third kappa shape index (κ3) is 5.05. The van der Waals surface area contributed by atoms with Crippen LogP contribution in [0.25, 0.3) is 0 Å². The molecule has 92 valence electrons. The van der Waals surface area contributed by atoms with Crippen molar-refractivity contribution in [3.63, 3.8) is 0 Å². The minimum absolute atomic E-state index is 0.138. The first-order chi connectivity index (χ1) is 7.42. The fourth-order valence-corrected chi connectivity index (χ4v) is 4.77. The van der Waals surface area contributed by atoms with E-state index in [1.54, 1.807) is 11.8 Å². The molecule has 1 rings (SSSR count). The Morgan fingerprint density at radius 3 is 2.69 bits per heavy atom. The lowest BCUT2D eigenvalue weighted by Gasteiger charge is -2.11. The summed E-state index contributed by atoms with van der Waals surface area (Å²) in [5, 5.41) is 0.138. The first-order valence-corrected chi connectivity index (χ1v) is 8.97. The lowest BCUT2D eigenvalue weighted by atomic mass is 10.3. The molecule has 0 radical (unpaired) electrons. The Bertz CT molecular complexity index is 430. The molecule has 0 spiro atoms. The fourth-order valence-electron chi connectivity index (χ4n) is 1.11. The first kappa shape index (κ1) is 14.3. The van der Waals surface area contributed by atoms with Crippen LogP contribution in [0.4, 0.5) is 0 Å². The number of sulfone groups is 1. The van der Waals surface area contributed by atoms with Crippen molar-refractivity contribution in [1.29, 1.82) is 0 Å². The molecule has 1 atom stereocenters. The van der Waals surface area contributed by atoms with Gasteiger partial charge in [0.2, 0.25) is 0 Å². The highest BCUT2D eigenvalue weighted by Crippen LogP contribution is 2.34. The van der Waals surface area contributed by atoms with Crippen LogP contribution in [0, 0.1) is 0 Å². The SMILES string of the molecule is CS(=O)(=O)CCSC(CN)c1ccc(Cl)s1. The average molecular weight is 300 g/mol. The Labute approximate surface area is 109 Å². The molecule has 0 aliphatic heterocycles. The van der Waals surface area contributed by atoms with Crippen LogP contribution in [-0.4, -0.2) is 32.7 Å². The van der Waals surface area contributed by atoms with Crippen molar-refractivity contribution in [2.45, 2.75) is 5.25 Å². The third-order valence-electron chi connectivity index (χ3n) is 1.90. The van der Waals surface area contributed by atoms with E-state index in [1.165, 1.54) is 17.6 Å². The maximum Gasteiger partial charge on any atom is 0.148 e. The van der Waals surface area contributed by atoms with Crippen molar-refractivity contribution in [1.82, 2.24) is 0 Å². The van der Waals surface area contributed by atoms with Crippen LogP contribution in [-0.2, 0) is 9.84 Å². The zero-order valence-corrected chi connectivity index (χ0v) is 12.1. The lowest BCUT2D eigenvalue weighted by molar-refractivity contribution is 0.603. The van der Waals surface area contributed by atoms with Gasteiger partial charge in [-0.25, -0.2) is 8.42 Å². The minimum Gasteiger partial charge on any atom is -0.329 e. The molecule has 1 aromatic heterocycles. The molecule has 16 heavy (non-hydrogen) atoms. The van der Waals surface area contributed by atoms with Crippen molar-refractivity contribution in [3.8, 4) is 0 Å². The van der Waals surface area contributed by atoms with Crippen LogP contribution in [0.15, 0.2) is 12.1 Å². The maximum absolute atomic E-state index is 11.0. The van der Waals surface area contributed by atoms with Gasteiger partial charge >= 0.3 is 0 Å². The van der Waals surface area contributed by atoms with Crippen LogP contribution in [0.1, 0.15) is 10.1 Å². The van der Waals surface area contributed by atoms with Gasteiger partial charge in [-0.05, 0) is 12.1 Å². The number of thiophene rings is 1. The van der Waals surface area contributed by atoms with Crippen LogP contribution < -0.4 is 5.73 Å². The number of hydrogen-bond acceptors (Lipinski definition) is 5. The summed E-state index contributed by atoms with van der Waals surface area (Å²) in [6, 6.07) is 3.78. The highest BCUT2D eigenvalue weighted by molar-refractivity contribution is 8.01. The molecule has 0 amide bonds. The van der Waals surface area contributed by atoms with Crippen LogP contribution >= 0.6 is 34.7 Å². The maximum atomic E-state index is 11.0. The van der Waals surface area contributed by atoms with Gasteiger partial charge in [-0.3, -0.25) is 0 Å². The van der Waals surface area contributed by atoms with Gasteiger partial charge in [-0.1, -0.05) is 11.6 Å². The van der Waals surface area contributed by atoms with Gasteiger partial charge < -0.3 is 5.73 Å². The second kappa shape index (κ2) is 6.26. The predicted octanol–water partition coefficient (Wildman–Crippen LogP) is 2.18. The van der Waals surface area contributed by atoms with E-state index in [-0.39, 0.29) is 11.0 Å². The van der Waals surface area contributed by atoms with Crippen LogP contribution in [0.2, 0.25) is 4.34 Å². The smallest absolute Gasteiger partial charge is 0.148 e. The third-order valence-corrected chi connectivity index (χ3v) is 5.89. The van der Waals surface area contributed by atoms with Gasteiger partial charge in [0.1, 0.15) is 9.84 Å². The largest absolute Gasteiger partial charge is 0.329 e. The van der Waals surface area contributed by atoms with E-state index in [0.717, 1.165) is 9.21 Å². The highest BCUT2D eigenvalue weighted by atomic mass is 35.5. The average Bonchev–Trinajstić information content (AvgIpc) is 2.58. The molecule has 3 nitrogen and oxygen atoms in total. The fraction of sp³-hybridized carbons (Fsp3) is 0.556. The summed E-state index contributed by atoms with van der Waals surface area (Å²) in [5.74, 6) is 0.753. The number of hydrogen-bond donors (Lipinski definition) is 1. The van der Waals surface area contributed by atoms with Gasteiger partial charge in [0.05, 0.1) is 15.3 Å². The van der Waals surface area contributed by atoms with Crippen molar-refractivity contribution >= 4 is 44.5 Å². The van der Waals surface area contributed by atoms with E-state index in [0.29, 0.717) is 12.3 Å². The predicted molar refractivity (Wildman–Crippen MR) is 73.3 cm³/mol. The molecule has 0 saturated carbocycles. The molecule has 0 aliphatic carbocycles. The molecule has 1 heterocycles. The van der Waals surface area contributed by atoms with E-state index in [9.17, 15) is 8.42 Å². The topological polar surface area (TPSA) is 60.2 Å². The van der Waals surface area contributed by atoms with Crippen LogP contribution in [0.3, 0.4) is 0 Å². The summed E-state index contributed by atoms with van der Waals surface area (Å²) in [6.07, 6.45) is 1.24. The van der Waals surface area contributed by atoms with E-state index >= 15 is 0 Å². The monoisotopic (exact) mass is 299 g/mol. The van der Waals surface area contributed by atoms with Gasteiger partial charge in [-0.15, -0.1) is 11.3 Å². The van der Waals surface area contributed by atoms with Crippen molar-refractivity contribution < 1.29 is 8.42 Å². The Balaban J connectivity index is 2.50. The van der Waals surface area contributed by atoms with Crippen LogP contribution in [0.5, 0.6) is 0 Å². The summed E-state index contributed by atoms with van der Waals surface area (Å²) in [7, 11) is -2.89. The highest BCUT2D eigenvalue weighted by Gasteiger charge is 2.13. The van der Waals surface area contributed by atoms with Crippen molar-refractivity contribution in [3.05, 3.63) is 21.3 Å². The Hall–Kier alpha value is 0.250. The minimum atomic E-state index is -2.89. The molecule has 0 aromatic carbocycles. The summed E-state index contributed by atoms with van der Waals surface area (Å²) in [5.41, 5.74) is 5.66. The summed E-state index contributed by atoms with van der Waals surface area (Å²) in [6.45, 7) is 0.491. The van der Waals surface area contributed by atoms with E-state index in [2.05, 4.69) is 0 Å². The van der Waals surface area contributed by atoms with E-state index < -0.39 is 9.84 Å². The second-order valence-corrected chi connectivity index (χ2v) is 8.68. The molecule has 1 unspecified atom stereocenters. The van der Waals surface area contributed by atoms with E-state index in [4.69, 9.17) is 17.3 Å². The summed E-state index contributed by atoms with van der Waals surface area (Å²) in [4.78, 5) is 1.10. The Kier molecular flexibility index (Phi) is 5.60. The number of thioether (sulfide) groups is 1. The molecular formula is C9H14ClNO2S3. The lowest BCUT2D eigenvalue weighted by Crippen LogP contribution is -2.11. The zero-order chi connectivity index (χ0) is 12.2. The summed E-state index contributed by atoms with van der Waals surface area (Å²) >= 11 is 8.90. The standard InChI is InChI=1S/C9H14ClNO2S3/c1-16(12,13)5-4-14-8(6-11)7-2-3-9(10)15-7/h2-3,8H,4-6,11H2,1H3. The molecule has 0 aliphatic rings. The van der Waals surface area contributed by atoms with Crippen molar-refractivity contribution in [2.75, 3.05) is 24.3 Å². The number of rotatable bonds is 6. The Morgan fingerprint density at radius 2 is 2.25 bits per heavy atom. The first-order valence-electron chi connectivity index (χ1n) is 4.67. The quantitative estimate of drug-likeness (QED) is 0.874. The molecule has 7 heteroatoms. The number of nitrogens with two attached hydrogens (primary N) is 1. The zero-order valence-electron chi connectivity index (χ0n) is 8.85. The molecule has 0 bridgehead atoms. The Morgan fingerprint density at radius 1 is 1.56 bits per heavy atom.